The number of carboxylic acid groups (broad SMARTS) is 1. The third-order valence-electron chi connectivity index (χ3n) is 7.24. The summed E-state index contributed by atoms with van der Waals surface area (Å²) in [4.78, 5) is 91.3. The summed E-state index contributed by atoms with van der Waals surface area (Å²) in [5.74, 6) is -5.43. The molecule has 3 fully saturated rings. The molecule has 4 rings (SSSR count). The Morgan fingerprint density at radius 1 is 1.12 bits per heavy atom. The van der Waals surface area contributed by atoms with Crippen LogP contribution in [0.1, 0.15) is 32.4 Å². The highest BCUT2D eigenvalue weighted by Crippen LogP contribution is 2.55. The molecule has 3 saturated heterocycles. The molecule has 0 aliphatic carbocycles. The lowest BCUT2D eigenvalue weighted by molar-refractivity contribution is -0.176. The fraction of sp³-hybridized carbons (Fsp3) is 0.458. The first kappa shape index (κ1) is 28.7. The lowest BCUT2D eigenvalue weighted by Crippen LogP contribution is -2.80. The number of urea groups is 1. The van der Waals surface area contributed by atoms with Gasteiger partial charge in [-0.1, -0.05) is 12.1 Å². The number of piperazine rings is 1. The molecule has 0 aromatic heterocycles. The van der Waals surface area contributed by atoms with Crippen LogP contribution in [0, 0.1) is 0 Å². The van der Waals surface area contributed by atoms with Crippen molar-refractivity contribution in [3.63, 3.8) is 0 Å². The Labute approximate surface area is 232 Å². The number of hydrogen-bond donors (Lipinski definition) is 5. The molecular formula is C24H28N6O9S. The Morgan fingerprint density at radius 2 is 1.77 bits per heavy atom. The van der Waals surface area contributed by atoms with Gasteiger partial charge in [-0.05, 0) is 38.5 Å². The van der Waals surface area contributed by atoms with Crippen LogP contribution in [0.15, 0.2) is 24.3 Å². The first-order chi connectivity index (χ1) is 18.8. The van der Waals surface area contributed by atoms with Crippen molar-refractivity contribution < 1.29 is 43.8 Å². The van der Waals surface area contributed by atoms with E-state index in [2.05, 4.69) is 16.0 Å². The minimum absolute atomic E-state index is 0.0898. The van der Waals surface area contributed by atoms with Gasteiger partial charge in [0.1, 0.15) is 23.2 Å². The topological polar surface area (TPSA) is 206 Å². The van der Waals surface area contributed by atoms with Crippen LogP contribution in [0.4, 0.5) is 4.79 Å². The van der Waals surface area contributed by atoms with E-state index in [1.165, 1.54) is 43.0 Å². The molecular weight excluding hydrogens is 548 g/mol. The van der Waals surface area contributed by atoms with Crippen LogP contribution in [0.2, 0.25) is 0 Å². The van der Waals surface area contributed by atoms with E-state index in [0.717, 1.165) is 16.7 Å². The third-order valence-corrected chi connectivity index (χ3v) is 8.85. The number of rotatable bonds is 8. The monoisotopic (exact) mass is 576 g/mol. The second-order valence-electron chi connectivity index (χ2n) is 9.81. The number of phenolic OH excluding ortho intramolecular Hbond substituents is 1. The number of likely N-dealkylation sites (N-methyl/N-ethyl adjacent to an activating group) is 1. The normalized spacial score (nSPS) is 26.0. The Bertz CT molecular complexity index is 1290. The summed E-state index contributed by atoms with van der Waals surface area (Å²) in [6.07, 6.45) is 0.329. The minimum Gasteiger partial charge on any atom is -0.508 e. The van der Waals surface area contributed by atoms with Gasteiger partial charge in [0.05, 0.1) is 4.75 Å². The fourth-order valence-electron chi connectivity index (χ4n) is 5.06. The van der Waals surface area contributed by atoms with Crippen LogP contribution in [0.5, 0.6) is 5.75 Å². The number of imide groups is 1. The number of nitrogens with zero attached hydrogens (tertiary/aromatic N) is 3. The SMILES string of the molecule is CCN1CCN(C(=O)NC(C(=O)N[C@@]2(C(=O)O)N3C(=O)[C@@H](NC=O)[C@H]3SC2(C)C)c2ccc(O)cc2)C(=O)C1=O. The van der Waals surface area contributed by atoms with Crippen molar-refractivity contribution in [2.75, 3.05) is 19.6 Å². The number of fused-ring (bicyclic) bond motifs is 1. The predicted octanol–water partition coefficient (Wildman–Crippen LogP) is -1.46. The van der Waals surface area contributed by atoms with E-state index in [9.17, 15) is 43.8 Å². The zero-order valence-corrected chi connectivity index (χ0v) is 22.6. The average Bonchev–Trinajstić information content (AvgIpc) is 3.12. The lowest BCUT2D eigenvalue weighted by atomic mass is 9.88. The van der Waals surface area contributed by atoms with Crippen molar-refractivity contribution in [2.45, 2.75) is 48.6 Å². The van der Waals surface area contributed by atoms with Gasteiger partial charge in [-0.3, -0.25) is 33.8 Å². The van der Waals surface area contributed by atoms with Crippen molar-refractivity contribution in [1.82, 2.24) is 30.7 Å². The van der Waals surface area contributed by atoms with Crippen LogP contribution in [0.25, 0.3) is 0 Å². The first-order valence-corrected chi connectivity index (χ1v) is 13.1. The predicted molar refractivity (Wildman–Crippen MR) is 137 cm³/mol. The number of hydrogen-bond acceptors (Lipinski definition) is 9. The van der Waals surface area contributed by atoms with Gasteiger partial charge in [-0.25, -0.2) is 9.59 Å². The molecule has 3 heterocycles. The quantitative estimate of drug-likeness (QED) is 0.138. The van der Waals surface area contributed by atoms with E-state index in [1.54, 1.807) is 6.92 Å². The number of phenols is 1. The highest BCUT2D eigenvalue weighted by molar-refractivity contribution is 8.01. The van der Waals surface area contributed by atoms with E-state index in [-0.39, 0.29) is 30.9 Å². The van der Waals surface area contributed by atoms with E-state index >= 15 is 0 Å². The summed E-state index contributed by atoms with van der Waals surface area (Å²) >= 11 is 1.07. The van der Waals surface area contributed by atoms with E-state index in [0.29, 0.717) is 11.3 Å². The van der Waals surface area contributed by atoms with E-state index in [4.69, 9.17) is 0 Å². The number of thioether (sulfide) groups is 1. The third kappa shape index (κ3) is 4.37. The fourth-order valence-corrected chi connectivity index (χ4v) is 6.77. The van der Waals surface area contributed by atoms with Crippen LogP contribution in [-0.2, 0) is 28.8 Å². The molecule has 214 valence electrons. The van der Waals surface area contributed by atoms with Crippen LogP contribution in [-0.4, -0.2) is 108 Å². The second-order valence-corrected chi connectivity index (χ2v) is 11.5. The summed E-state index contributed by atoms with van der Waals surface area (Å²) in [5.41, 5.74) is -2.17. The molecule has 0 saturated carbocycles. The maximum Gasteiger partial charge on any atom is 0.352 e. The van der Waals surface area contributed by atoms with Crippen LogP contribution in [0.3, 0.4) is 0 Å². The Kier molecular flexibility index (Phi) is 7.40. The van der Waals surface area contributed by atoms with Gasteiger partial charge < -0.3 is 31.1 Å². The molecule has 1 aromatic carbocycles. The van der Waals surface area contributed by atoms with Crippen molar-refractivity contribution in [1.29, 1.82) is 0 Å². The molecule has 5 N–H and O–H groups in total. The van der Waals surface area contributed by atoms with Gasteiger partial charge in [-0.2, -0.15) is 0 Å². The average molecular weight is 577 g/mol. The molecule has 1 aromatic rings. The van der Waals surface area contributed by atoms with E-state index < -0.39 is 63.5 Å². The summed E-state index contributed by atoms with van der Waals surface area (Å²) in [6.45, 7) is 4.93. The number of amides is 7. The number of nitrogens with one attached hydrogen (secondary N) is 3. The minimum atomic E-state index is -2.28. The number of carbonyl (C=O) groups excluding carboxylic acids is 6. The number of aliphatic carboxylic acids is 1. The molecule has 1 unspecified atom stereocenters. The number of carbonyl (C=O) groups is 7. The van der Waals surface area contributed by atoms with Gasteiger partial charge >= 0.3 is 23.8 Å². The highest BCUT2D eigenvalue weighted by atomic mass is 32.2. The summed E-state index contributed by atoms with van der Waals surface area (Å²) < 4.78 is -1.31. The number of benzene rings is 1. The van der Waals surface area contributed by atoms with Gasteiger partial charge in [0, 0.05) is 19.6 Å². The largest absolute Gasteiger partial charge is 0.508 e. The smallest absolute Gasteiger partial charge is 0.352 e. The number of aromatic hydroxyl groups is 1. The van der Waals surface area contributed by atoms with Gasteiger partial charge in [0.25, 0.3) is 5.91 Å². The first-order valence-electron chi connectivity index (χ1n) is 12.3. The molecule has 0 spiro atoms. The molecule has 7 amide bonds. The van der Waals surface area contributed by atoms with Crippen molar-refractivity contribution in [3.8, 4) is 5.75 Å². The van der Waals surface area contributed by atoms with Crippen molar-refractivity contribution >= 4 is 53.8 Å². The van der Waals surface area contributed by atoms with Crippen LogP contribution >= 0.6 is 11.8 Å². The van der Waals surface area contributed by atoms with E-state index in [1.807, 2.05) is 0 Å². The Morgan fingerprint density at radius 3 is 2.35 bits per heavy atom. The number of β-lactam (4-membered cyclic amide) rings is 1. The molecule has 4 atom stereocenters. The van der Waals surface area contributed by atoms with Crippen molar-refractivity contribution in [2.24, 2.45) is 0 Å². The van der Waals surface area contributed by atoms with Gasteiger partial charge in [0.15, 0.2) is 0 Å². The maximum atomic E-state index is 13.8. The second kappa shape index (κ2) is 10.3. The molecule has 16 heteroatoms. The number of carboxylic acids is 1. The van der Waals surface area contributed by atoms with Gasteiger partial charge in [-0.15, -0.1) is 11.8 Å². The summed E-state index contributed by atoms with van der Waals surface area (Å²) in [5, 5.41) is 26.5. The van der Waals surface area contributed by atoms with Crippen molar-refractivity contribution in [3.05, 3.63) is 29.8 Å². The highest BCUT2D eigenvalue weighted by Gasteiger charge is 2.74. The molecule has 3 aliphatic heterocycles. The molecule has 40 heavy (non-hydrogen) atoms. The van der Waals surface area contributed by atoms with Gasteiger partial charge in [0.2, 0.25) is 18.0 Å². The Balaban J connectivity index is 1.66. The molecule has 3 aliphatic rings. The summed E-state index contributed by atoms with van der Waals surface area (Å²) in [7, 11) is 0. The zero-order valence-electron chi connectivity index (χ0n) is 21.7. The molecule has 15 nitrogen and oxygen atoms in total. The maximum absolute atomic E-state index is 13.8. The lowest BCUT2D eigenvalue weighted by Gasteiger charge is -2.49. The summed E-state index contributed by atoms with van der Waals surface area (Å²) in [6, 6.07) is 1.44. The Hall–Kier alpha value is -4.34. The molecule has 0 radical (unpaired) electrons. The molecule has 0 bridgehead atoms. The zero-order chi connectivity index (χ0) is 29.6. The standard InChI is InChI=1S/C24H28N6O9S/c1-4-28-9-10-29(19(36)18(28)35)22(39)26-14(12-5-7-13(32)8-6-12)16(33)27-24(21(37)38)23(2,3)40-20-15(25-11-31)17(34)30(20)24/h5-8,11,14-15,20,32H,4,9-10H2,1-3H3,(H,25,31)(H,26,39)(H,27,33)(H,37,38)/t14?,15-,20-,24+/m1/s1. The van der Waals surface area contributed by atoms with Crippen LogP contribution < -0.4 is 16.0 Å².